The van der Waals surface area contributed by atoms with E-state index in [1.807, 2.05) is 6.07 Å². The maximum absolute atomic E-state index is 12.5. The average molecular weight is 421 g/mol. The number of carbonyl (C=O) groups is 3. The number of nitrogens with zero attached hydrogens (tertiary/aromatic N) is 2. The molecule has 0 spiro atoms. The molecule has 4 amide bonds. The number of hydrogen-bond acceptors (Lipinski definition) is 4. The Bertz CT molecular complexity index is 982. The molecule has 2 aliphatic rings. The van der Waals surface area contributed by atoms with E-state index in [-0.39, 0.29) is 29.9 Å². The molecule has 7 heteroatoms. The summed E-state index contributed by atoms with van der Waals surface area (Å²) in [5, 5.41) is 5.83. The summed E-state index contributed by atoms with van der Waals surface area (Å²) in [6, 6.07) is 14.9. The van der Waals surface area contributed by atoms with Crippen molar-refractivity contribution in [2.75, 3.05) is 18.4 Å². The molecule has 0 radical (unpaired) electrons. The fourth-order valence-electron chi connectivity index (χ4n) is 4.24. The van der Waals surface area contributed by atoms with Crippen molar-refractivity contribution in [3.63, 3.8) is 0 Å². The number of imide groups is 1. The molecule has 2 aromatic carbocycles. The van der Waals surface area contributed by atoms with E-state index in [2.05, 4.69) is 39.8 Å². The number of rotatable bonds is 5. The normalized spacial score (nSPS) is 17.2. The first-order chi connectivity index (χ1) is 14.9. The number of amides is 4. The maximum Gasteiger partial charge on any atom is 0.319 e. The molecule has 0 atom stereocenters. The van der Waals surface area contributed by atoms with Crippen molar-refractivity contribution in [1.29, 1.82) is 0 Å². The molecule has 0 aromatic heterocycles. The molecule has 0 aliphatic carbocycles. The van der Waals surface area contributed by atoms with Gasteiger partial charge in [-0.3, -0.25) is 19.4 Å². The van der Waals surface area contributed by atoms with Gasteiger partial charge in [-0.2, -0.15) is 0 Å². The number of fused-ring (bicyclic) bond motifs is 1. The molecule has 1 fully saturated rings. The van der Waals surface area contributed by atoms with E-state index in [9.17, 15) is 14.4 Å². The van der Waals surface area contributed by atoms with E-state index in [1.54, 1.807) is 32.0 Å². The Morgan fingerprint density at radius 1 is 1.00 bits per heavy atom. The van der Waals surface area contributed by atoms with Gasteiger partial charge >= 0.3 is 6.03 Å². The van der Waals surface area contributed by atoms with Gasteiger partial charge in [-0.15, -0.1) is 0 Å². The topological polar surface area (TPSA) is 81.8 Å². The van der Waals surface area contributed by atoms with Crippen LogP contribution in [0.5, 0.6) is 0 Å². The van der Waals surface area contributed by atoms with Gasteiger partial charge in [0, 0.05) is 37.4 Å². The minimum Gasteiger partial charge on any atom is -0.335 e. The molecule has 0 unspecified atom stereocenters. The summed E-state index contributed by atoms with van der Waals surface area (Å²) in [6.45, 7) is 6.40. The molecule has 2 aromatic rings. The third-order valence-corrected chi connectivity index (χ3v) is 5.86. The van der Waals surface area contributed by atoms with Crippen LogP contribution in [0, 0.1) is 0 Å². The van der Waals surface area contributed by atoms with Crippen molar-refractivity contribution in [2.45, 2.75) is 45.3 Å². The van der Waals surface area contributed by atoms with Crippen LogP contribution in [0.1, 0.15) is 53.0 Å². The van der Waals surface area contributed by atoms with Gasteiger partial charge in [0.15, 0.2) is 0 Å². The number of hydrogen-bond donors (Lipinski definition) is 2. The first-order valence-corrected chi connectivity index (χ1v) is 10.8. The van der Waals surface area contributed by atoms with Crippen LogP contribution >= 0.6 is 0 Å². The zero-order chi connectivity index (χ0) is 22.0. The van der Waals surface area contributed by atoms with Gasteiger partial charge in [-0.25, -0.2) is 4.79 Å². The summed E-state index contributed by atoms with van der Waals surface area (Å²) in [4.78, 5) is 41.0. The Kier molecular flexibility index (Phi) is 6.04. The first-order valence-electron chi connectivity index (χ1n) is 10.8. The number of anilines is 1. The SMILES string of the molecule is CC(C)N1C(=O)c2ccc(NC(=O)NC3CCN(Cc4ccccc4)CC3)cc2C1=O. The zero-order valence-electron chi connectivity index (χ0n) is 17.9. The molecule has 31 heavy (non-hydrogen) atoms. The number of benzene rings is 2. The number of piperidine rings is 1. The second kappa shape index (κ2) is 8.89. The Labute approximate surface area is 182 Å². The average Bonchev–Trinajstić information content (AvgIpc) is 3.00. The molecular formula is C24H28N4O3. The van der Waals surface area contributed by atoms with E-state index in [0.717, 1.165) is 32.5 Å². The molecule has 162 valence electrons. The van der Waals surface area contributed by atoms with Crippen LogP contribution < -0.4 is 10.6 Å². The number of carbonyl (C=O) groups excluding carboxylic acids is 3. The van der Waals surface area contributed by atoms with Crippen LogP contribution in [0.3, 0.4) is 0 Å². The lowest BCUT2D eigenvalue weighted by Crippen LogP contribution is -2.45. The van der Waals surface area contributed by atoms with E-state index >= 15 is 0 Å². The molecule has 2 heterocycles. The monoisotopic (exact) mass is 420 g/mol. The Morgan fingerprint density at radius 2 is 1.68 bits per heavy atom. The molecule has 7 nitrogen and oxygen atoms in total. The van der Waals surface area contributed by atoms with E-state index in [0.29, 0.717) is 16.8 Å². The Balaban J connectivity index is 1.29. The highest BCUT2D eigenvalue weighted by Gasteiger charge is 2.37. The Hall–Kier alpha value is -3.19. The van der Waals surface area contributed by atoms with Crippen molar-refractivity contribution < 1.29 is 14.4 Å². The van der Waals surface area contributed by atoms with Crippen molar-refractivity contribution >= 4 is 23.5 Å². The standard InChI is InChI=1S/C24H28N4O3/c1-16(2)28-22(29)20-9-8-19(14-21(20)23(28)30)26-24(31)25-18-10-12-27(13-11-18)15-17-6-4-3-5-7-17/h3-9,14,16,18H,10-13,15H2,1-2H3,(H2,25,26,31). The zero-order valence-corrected chi connectivity index (χ0v) is 17.9. The molecule has 0 bridgehead atoms. The van der Waals surface area contributed by atoms with Crippen LogP contribution in [-0.4, -0.2) is 52.8 Å². The minimum absolute atomic E-state index is 0.112. The predicted octanol–water partition coefficient (Wildman–Crippen LogP) is 3.48. The summed E-state index contributed by atoms with van der Waals surface area (Å²) in [5.41, 5.74) is 2.53. The summed E-state index contributed by atoms with van der Waals surface area (Å²) < 4.78 is 0. The van der Waals surface area contributed by atoms with Crippen LogP contribution in [0.2, 0.25) is 0 Å². The van der Waals surface area contributed by atoms with E-state index in [4.69, 9.17) is 0 Å². The molecule has 2 aliphatic heterocycles. The highest BCUT2D eigenvalue weighted by molar-refractivity contribution is 6.22. The van der Waals surface area contributed by atoms with E-state index in [1.165, 1.54) is 10.5 Å². The maximum atomic E-state index is 12.5. The molecule has 4 rings (SSSR count). The van der Waals surface area contributed by atoms with Gasteiger partial charge in [0.2, 0.25) is 0 Å². The van der Waals surface area contributed by atoms with E-state index < -0.39 is 0 Å². The summed E-state index contributed by atoms with van der Waals surface area (Å²) >= 11 is 0. The fourth-order valence-corrected chi connectivity index (χ4v) is 4.24. The highest BCUT2D eigenvalue weighted by atomic mass is 16.2. The lowest BCUT2D eigenvalue weighted by Gasteiger charge is -2.32. The van der Waals surface area contributed by atoms with Crippen molar-refractivity contribution in [2.24, 2.45) is 0 Å². The second-order valence-electron chi connectivity index (χ2n) is 8.47. The fraction of sp³-hybridized carbons (Fsp3) is 0.375. The van der Waals surface area contributed by atoms with Gasteiger partial charge in [-0.05, 0) is 50.5 Å². The minimum atomic E-state index is -0.315. The van der Waals surface area contributed by atoms with Crippen molar-refractivity contribution in [1.82, 2.24) is 15.1 Å². The quantitative estimate of drug-likeness (QED) is 0.726. The Morgan fingerprint density at radius 3 is 2.35 bits per heavy atom. The molecule has 1 saturated heterocycles. The van der Waals surface area contributed by atoms with Crippen molar-refractivity contribution in [3.05, 3.63) is 65.2 Å². The van der Waals surface area contributed by atoms with Gasteiger partial charge in [0.1, 0.15) is 0 Å². The number of likely N-dealkylation sites (tertiary alicyclic amines) is 1. The van der Waals surface area contributed by atoms with Crippen LogP contribution in [0.4, 0.5) is 10.5 Å². The van der Waals surface area contributed by atoms with Gasteiger partial charge in [0.25, 0.3) is 11.8 Å². The van der Waals surface area contributed by atoms with Crippen molar-refractivity contribution in [3.8, 4) is 0 Å². The van der Waals surface area contributed by atoms with Gasteiger partial charge < -0.3 is 10.6 Å². The first kappa shape index (κ1) is 21.1. The number of urea groups is 1. The lowest BCUT2D eigenvalue weighted by atomic mass is 10.0. The largest absolute Gasteiger partial charge is 0.335 e. The van der Waals surface area contributed by atoms with Crippen LogP contribution in [-0.2, 0) is 6.54 Å². The highest BCUT2D eigenvalue weighted by Crippen LogP contribution is 2.27. The summed E-state index contributed by atoms with van der Waals surface area (Å²) in [6.07, 6.45) is 1.78. The third-order valence-electron chi connectivity index (χ3n) is 5.86. The third kappa shape index (κ3) is 4.61. The van der Waals surface area contributed by atoms with Crippen LogP contribution in [0.15, 0.2) is 48.5 Å². The number of nitrogens with one attached hydrogen (secondary N) is 2. The predicted molar refractivity (Wildman–Crippen MR) is 119 cm³/mol. The molecule has 0 saturated carbocycles. The molecular weight excluding hydrogens is 392 g/mol. The van der Waals surface area contributed by atoms with Crippen LogP contribution in [0.25, 0.3) is 0 Å². The molecule has 2 N–H and O–H groups in total. The smallest absolute Gasteiger partial charge is 0.319 e. The summed E-state index contributed by atoms with van der Waals surface area (Å²) in [7, 11) is 0. The second-order valence-corrected chi connectivity index (χ2v) is 8.47. The summed E-state index contributed by atoms with van der Waals surface area (Å²) in [5.74, 6) is -0.599. The van der Waals surface area contributed by atoms with Gasteiger partial charge in [0.05, 0.1) is 11.1 Å². The lowest BCUT2D eigenvalue weighted by molar-refractivity contribution is 0.0609. The van der Waals surface area contributed by atoms with Gasteiger partial charge in [-0.1, -0.05) is 30.3 Å².